The van der Waals surface area contributed by atoms with Gasteiger partial charge in [-0.15, -0.1) is 0 Å². The number of hydrogen-bond acceptors (Lipinski definition) is 5. The average molecular weight is 313 g/mol. The van der Waals surface area contributed by atoms with E-state index in [-0.39, 0.29) is 17.5 Å². The molecule has 1 saturated heterocycles. The number of piperidine rings is 1. The van der Waals surface area contributed by atoms with Gasteiger partial charge < -0.3 is 15.1 Å². The van der Waals surface area contributed by atoms with E-state index in [0.717, 1.165) is 31.6 Å². The molecule has 2 rings (SSSR count). The van der Waals surface area contributed by atoms with Gasteiger partial charge in [0.15, 0.2) is 0 Å². The van der Waals surface area contributed by atoms with Crippen molar-refractivity contribution in [3.05, 3.63) is 41.9 Å². The predicted molar refractivity (Wildman–Crippen MR) is 88.1 cm³/mol. The summed E-state index contributed by atoms with van der Waals surface area (Å²) in [6.45, 7) is 2.44. The van der Waals surface area contributed by atoms with Gasteiger partial charge in [0.1, 0.15) is 11.6 Å². The van der Waals surface area contributed by atoms with Crippen LogP contribution in [0.5, 0.6) is 0 Å². The molecule has 1 fully saturated rings. The summed E-state index contributed by atoms with van der Waals surface area (Å²) in [7, 11) is 3.86. The van der Waals surface area contributed by atoms with Crippen molar-refractivity contribution in [3.8, 4) is 6.07 Å². The maximum Gasteiger partial charge on any atom is 0.265 e. The van der Waals surface area contributed by atoms with Gasteiger partial charge in [0.05, 0.1) is 12.2 Å². The smallest absolute Gasteiger partial charge is 0.265 e. The summed E-state index contributed by atoms with van der Waals surface area (Å²) >= 11 is 0. The van der Waals surface area contributed by atoms with Crippen LogP contribution in [0.1, 0.15) is 18.5 Å². The number of rotatable bonds is 5. The maximum absolute atomic E-state index is 12.5. The molecule has 0 aromatic carbocycles. The van der Waals surface area contributed by atoms with Crippen LogP contribution in [-0.2, 0) is 11.3 Å². The number of likely N-dealkylation sites (N-methyl/N-ethyl adjacent to an activating group) is 1. The summed E-state index contributed by atoms with van der Waals surface area (Å²) in [5.41, 5.74) is 0.986. The normalized spacial score (nSPS) is 16.7. The number of pyridine rings is 1. The highest BCUT2D eigenvalue weighted by molar-refractivity contribution is 5.97. The highest BCUT2D eigenvalue weighted by Crippen LogP contribution is 2.15. The lowest BCUT2D eigenvalue weighted by molar-refractivity contribution is -0.128. The number of carbonyl (C=O) groups is 1. The zero-order valence-electron chi connectivity index (χ0n) is 13.7. The fourth-order valence-electron chi connectivity index (χ4n) is 2.64. The Hall–Kier alpha value is -2.39. The van der Waals surface area contributed by atoms with Crippen molar-refractivity contribution < 1.29 is 4.79 Å². The number of nitrogens with one attached hydrogen (secondary N) is 1. The van der Waals surface area contributed by atoms with E-state index in [2.05, 4.69) is 22.2 Å². The zero-order chi connectivity index (χ0) is 16.7. The Morgan fingerprint density at radius 2 is 2.26 bits per heavy atom. The number of carbonyl (C=O) groups excluding carboxylic acids is 1. The minimum atomic E-state index is -0.226. The molecule has 1 aliphatic rings. The van der Waals surface area contributed by atoms with Crippen molar-refractivity contribution >= 4 is 5.91 Å². The lowest BCUT2D eigenvalue weighted by Gasteiger charge is -2.34. The van der Waals surface area contributed by atoms with Gasteiger partial charge in [-0.05, 0) is 45.1 Å². The van der Waals surface area contributed by atoms with Gasteiger partial charge in [-0.25, -0.2) is 0 Å². The van der Waals surface area contributed by atoms with Gasteiger partial charge in [-0.3, -0.25) is 9.78 Å². The molecule has 23 heavy (non-hydrogen) atoms. The van der Waals surface area contributed by atoms with E-state index in [9.17, 15) is 10.1 Å². The van der Waals surface area contributed by atoms with Crippen LogP contribution >= 0.6 is 0 Å². The number of nitrogens with zero attached hydrogens (tertiary/aromatic N) is 4. The molecule has 0 aliphatic carbocycles. The van der Waals surface area contributed by atoms with E-state index in [1.165, 1.54) is 6.20 Å². The Bertz CT molecular complexity index is 585. The SMILES string of the molecule is CN1CCC(N(C)C(=O)/C(C#N)=C\NCc2ccccn2)CC1. The second kappa shape index (κ2) is 8.30. The molecular weight excluding hydrogens is 290 g/mol. The molecule has 1 amide bonds. The molecule has 0 atom stereocenters. The third-order valence-electron chi connectivity index (χ3n) is 4.16. The first-order chi connectivity index (χ1) is 11.1. The molecule has 6 nitrogen and oxygen atoms in total. The van der Waals surface area contributed by atoms with Gasteiger partial charge in [-0.1, -0.05) is 6.07 Å². The summed E-state index contributed by atoms with van der Waals surface area (Å²) in [5, 5.41) is 12.2. The van der Waals surface area contributed by atoms with Gasteiger partial charge in [0.2, 0.25) is 0 Å². The van der Waals surface area contributed by atoms with Gasteiger partial charge >= 0.3 is 0 Å². The van der Waals surface area contributed by atoms with Gasteiger partial charge in [-0.2, -0.15) is 5.26 Å². The summed E-state index contributed by atoms with van der Waals surface area (Å²) in [6, 6.07) is 7.83. The van der Waals surface area contributed by atoms with E-state index in [1.54, 1.807) is 18.1 Å². The molecular formula is C17H23N5O. The molecule has 1 aromatic heterocycles. The molecule has 1 aromatic rings. The highest BCUT2D eigenvalue weighted by atomic mass is 16.2. The lowest BCUT2D eigenvalue weighted by atomic mass is 10.0. The Morgan fingerprint density at radius 3 is 2.87 bits per heavy atom. The van der Waals surface area contributed by atoms with Crippen LogP contribution in [0.3, 0.4) is 0 Å². The molecule has 0 bridgehead atoms. The van der Waals surface area contributed by atoms with Crippen molar-refractivity contribution in [2.75, 3.05) is 27.2 Å². The fourth-order valence-corrected chi connectivity index (χ4v) is 2.64. The standard InChI is InChI=1S/C17H23N5O/c1-21-9-6-16(7-10-21)22(2)17(23)14(11-18)12-19-13-15-5-3-4-8-20-15/h3-5,8,12,16,19H,6-7,9-10,13H2,1-2H3/b14-12-. The minimum absolute atomic E-state index is 0.127. The molecule has 2 heterocycles. The van der Waals surface area contributed by atoms with Crippen LogP contribution in [0.2, 0.25) is 0 Å². The molecule has 0 unspecified atom stereocenters. The first-order valence-electron chi connectivity index (χ1n) is 7.81. The fraction of sp³-hybridized carbons (Fsp3) is 0.471. The number of likely N-dealkylation sites (tertiary alicyclic amines) is 1. The Morgan fingerprint density at radius 1 is 1.52 bits per heavy atom. The van der Waals surface area contributed by atoms with Gasteiger partial charge in [0.25, 0.3) is 5.91 Å². The summed E-state index contributed by atoms with van der Waals surface area (Å²) in [4.78, 5) is 20.6. The van der Waals surface area contributed by atoms with Crippen molar-refractivity contribution in [2.24, 2.45) is 0 Å². The van der Waals surface area contributed by atoms with Crippen LogP contribution < -0.4 is 5.32 Å². The first-order valence-corrected chi connectivity index (χ1v) is 7.81. The van der Waals surface area contributed by atoms with Crippen molar-refractivity contribution in [2.45, 2.75) is 25.4 Å². The van der Waals surface area contributed by atoms with E-state index in [4.69, 9.17) is 0 Å². The molecule has 122 valence electrons. The quantitative estimate of drug-likeness (QED) is 0.652. The Labute approximate surface area is 137 Å². The topological polar surface area (TPSA) is 72.3 Å². The predicted octanol–water partition coefficient (Wildman–Crippen LogP) is 1.13. The highest BCUT2D eigenvalue weighted by Gasteiger charge is 2.25. The summed E-state index contributed by atoms with van der Waals surface area (Å²) in [6.07, 6.45) is 5.09. The minimum Gasteiger partial charge on any atom is -0.384 e. The van der Waals surface area contributed by atoms with Crippen molar-refractivity contribution in [1.29, 1.82) is 5.26 Å². The van der Waals surface area contributed by atoms with E-state index in [1.807, 2.05) is 24.3 Å². The van der Waals surface area contributed by atoms with E-state index >= 15 is 0 Å². The van der Waals surface area contributed by atoms with Gasteiger partial charge in [0, 0.05) is 25.5 Å². The third-order valence-corrected chi connectivity index (χ3v) is 4.16. The first kappa shape index (κ1) is 17.0. The third kappa shape index (κ3) is 4.80. The molecule has 0 saturated carbocycles. The number of amides is 1. The maximum atomic E-state index is 12.5. The van der Waals surface area contributed by atoms with Crippen molar-refractivity contribution in [3.63, 3.8) is 0 Å². The number of nitriles is 1. The van der Waals surface area contributed by atoms with Crippen LogP contribution in [0.4, 0.5) is 0 Å². The monoisotopic (exact) mass is 313 g/mol. The second-order valence-corrected chi connectivity index (χ2v) is 5.82. The summed E-state index contributed by atoms with van der Waals surface area (Å²) in [5.74, 6) is -0.226. The second-order valence-electron chi connectivity index (χ2n) is 5.82. The number of hydrogen-bond donors (Lipinski definition) is 1. The molecule has 1 aliphatic heterocycles. The Kier molecular flexibility index (Phi) is 6.12. The van der Waals surface area contributed by atoms with E-state index < -0.39 is 0 Å². The largest absolute Gasteiger partial charge is 0.384 e. The Balaban J connectivity index is 1.92. The molecule has 0 spiro atoms. The van der Waals surface area contributed by atoms with Crippen LogP contribution in [0.25, 0.3) is 0 Å². The van der Waals surface area contributed by atoms with E-state index in [0.29, 0.717) is 6.54 Å². The zero-order valence-corrected chi connectivity index (χ0v) is 13.7. The van der Waals surface area contributed by atoms with Crippen molar-refractivity contribution in [1.82, 2.24) is 20.1 Å². The van der Waals surface area contributed by atoms with Crippen LogP contribution in [-0.4, -0.2) is 53.9 Å². The average Bonchev–Trinajstić information content (AvgIpc) is 2.59. The molecule has 1 N–H and O–H groups in total. The lowest BCUT2D eigenvalue weighted by Crippen LogP contribution is -2.45. The number of aromatic nitrogens is 1. The molecule has 0 radical (unpaired) electrons. The van der Waals surface area contributed by atoms with Crippen LogP contribution in [0.15, 0.2) is 36.2 Å². The van der Waals surface area contributed by atoms with Crippen LogP contribution in [0, 0.1) is 11.3 Å². The summed E-state index contributed by atoms with van der Waals surface area (Å²) < 4.78 is 0. The molecule has 6 heteroatoms.